The molecule has 17 N–H and O–H groups in total. The SMILES string of the molecule is O=C(O)CN(CCN(CC(=O)O)CC(=O)NCCNC(=O)CO/N=C/C(O)[C@@H](O)[C@H](O)C(O)CO)CCN(CC(=O)O)CC(=O)NCCNC(=O)CO/N=C/C(O)[C@@H](O)[C@H](O)C(O)CO. The molecule has 0 saturated heterocycles. The van der Waals surface area contributed by atoms with Gasteiger partial charge in [0.05, 0.1) is 58.4 Å². The van der Waals surface area contributed by atoms with Crippen LogP contribution in [0.15, 0.2) is 10.3 Å². The Morgan fingerprint density at radius 1 is 0.446 bits per heavy atom. The van der Waals surface area contributed by atoms with Gasteiger partial charge >= 0.3 is 17.9 Å². The molecule has 31 heteroatoms. The lowest BCUT2D eigenvalue weighted by molar-refractivity contribution is -0.141. The van der Waals surface area contributed by atoms with Gasteiger partial charge < -0.3 is 97.3 Å². The normalized spacial score (nSPS) is 15.5. The summed E-state index contributed by atoms with van der Waals surface area (Å²) in [6, 6.07) is 0. The summed E-state index contributed by atoms with van der Waals surface area (Å²) < 4.78 is 0. The molecule has 0 aromatic rings. The highest BCUT2D eigenvalue weighted by molar-refractivity contribution is 5.80. The minimum atomic E-state index is -1.94. The number of oxime groups is 2. The highest BCUT2D eigenvalue weighted by Gasteiger charge is 2.30. The lowest BCUT2D eigenvalue weighted by atomic mass is 10.0. The number of hydrogen-bond donors (Lipinski definition) is 17. The molecule has 0 aromatic carbocycles. The van der Waals surface area contributed by atoms with E-state index in [1.165, 1.54) is 14.7 Å². The van der Waals surface area contributed by atoms with Crippen LogP contribution in [0, 0.1) is 0 Å². The van der Waals surface area contributed by atoms with E-state index in [4.69, 9.17) is 10.2 Å². The van der Waals surface area contributed by atoms with Crippen LogP contribution in [0.25, 0.3) is 0 Å². The van der Waals surface area contributed by atoms with Crippen LogP contribution in [0.5, 0.6) is 0 Å². The first-order valence-electron chi connectivity index (χ1n) is 19.5. The zero-order chi connectivity index (χ0) is 49.5. The van der Waals surface area contributed by atoms with Crippen LogP contribution in [-0.2, 0) is 43.2 Å². The quantitative estimate of drug-likeness (QED) is 0.0155. The second-order valence-corrected chi connectivity index (χ2v) is 13.8. The molecule has 65 heavy (non-hydrogen) atoms. The van der Waals surface area contributed by atoms with Gasteiger partial charge in [-0.3, -0.25) is 48.3 Å². The highest BCUT2D eigenvalue weighted by Crippen LogP contribution is 2.05. The fourth-order valence-corrected chi connectivity index (χ4v) is 4.92. The summed E-state index contributed by atoms with van der Waals surface area (Å²) in [4.78, 5) is 96.6. The third kappa shape index (κ3) is 29.0. The van der Waals surface area contributed by atoms with Crippen LogP contribution in [0.2, 0.25) is 0 Å². The number of carbonyl (C=O) groups excluding carboxylic acids is 4. The number of carboxylic acid groups (broad SMARTS) is 3. The van der Waals surface area contributed by atoms with Crippen LogP contribution in [0.1, 0.15) is 0 Å². The molecule has 4 amide bonds. The summed E-state index contributed by atoms with van der Waals surface area (Å²) in [6.07, 6.45) is -13.6. The van der Waals surface area contributed by atoms with E-state index in [0.717, 1.165) is 0 Å². The number of nitrogens with one attached hydrogen (secondary N) is 4. The van der Waals surface area contributed by atoms with E-state index < -0.39 is 150 Å². The lowest BCUT2D eigenvalue weighted by Crippen LogP contribution is -2.48. The Morgan fingerprint density at radius 3 is 1.05 bits per heavy atom. The molecule has 0 aromatic heterocycles. The van der Waals surface area contributed by atoms with E-state index >= 15 is 0 Å². The molecule has 8 atom stereocenters. The van der Waals surface area contributed by atoms with Gasteiger partial charge in [-0.2, -0.15) is 0 Å². The van der Waals surface area contributed by atoms with E-state index in [1.54, 1.807) is 0 Å². The highest BCUT2D eigenvalue weighted by atomic mass is 16.6. The van der Waals surface area contributed by atoms with E-state index in [1.807, 2.05) is 0 Å². The van der Waals surface area contributed by atoms with Crippen molar-refractivity contribution >= 4 is 54.0 Å². The maximum atomic E-state index is 12.6. The van der Waals surface area contributed by atoms with Crippen LogP contribution >= 0.6 is 0 Å². The van der Waals surface area contributed by atoms with Gasteiger partial charge in [-0.1, -0.05) is 10.3 Å². The summed E-state index contributed by atoms with van der Waals surface area (Å²) in [5, 5.41) is 138. The van der Waals surface area contributed by atoms with E-state index in [2.05, 4.69) is 41.3 Å². The molecule has 31 nitrogen and oxygen atoms in total. The molecule has 0 rings (SSSR count). The van der Waals surface area contributed by atoms with Crippen molar-refractivity contribution in [2.24, 2.45) is 10.3 Å². The molecule has 0 bridgehead atoms. The molecule has 0 aliphatic heterocycles. The average molecular weight is 948 g/mol. The number of nitrogens with zero attached hydrogens (tertiary/aromatic N) is 5. The summed E-state index contributed by atoms with van der Waals surface area (Å²) in [5.41, 5.74) is 0. The molecule has 0 heterocycles. The maximum Gasteiger partial charge on any atom is 0.317 e. The van der Waals surface area contributed by atoms with E-state index in [0.29, 0.717) is 12.4 Å². The van der Waals surface area contributed by atoms with Gasteiger partial charge in [0, 0.05) is 52.4 Å². The predicted octanol–water partition coefficient (Wildman–Crippen LogP) is -11.5. The number of aliphatic carboxylic acids is 3. The van der Waals surface area contributed by atoms with Crippen molar-refractivity contribution in [3.05, 3.63) is 0 Å². The van der Waals surface area contributed by atoms with Gasteiger partial charge in [-0.05, 0) is 0 Å². The maximum absolute atomic E-state index is 12.6. The molecule has 0 aliphatic rings. The minimum absolute atomic E-state index is 0.116. The molecule has 374 valence electrons. The van der Waals surface area contributed by atoms with Gasteiger partial charge in [0.25, 0.3) is 11.8 Å². The number of carbonyl (C=O) groups is 7. The summed E-state index contributed by atoms with van der Waals surface area (Å²) in [6.45, 7) is -6.96. The molecule has 0 fully saturated rings. The van der Waals surface area contributed by atoms with Crippen LogP contribution in [-0.4, -0.2) is 295 Å². The first-order valence-corrected chi connectivity index (χ1v) is 19.5. The largest absolute Gasteiger partial charge is 0.480 e. The van der Waals surface area contributed by atoms with Crippen molar-refractivity contribution in [3.63, 3.8) is 0 Å². The summed E-state index contributed by atoms with van der Waals surface area (Å²) in [5.74, 6) is -6.72. The second kappa shape index (κ2) is 34.1. The Labute approximate surface area is 370 Å². The van der Waals surface area contributed by atoms with Gasteiger partial charge in [0.1, 0.15) is 48.8 Å². The van der Waals surface area contributed by atoms with Crippen molar-refractivity contribution in [1.82, 2.24) is 36.0 Å². The Balaban J connectivity index is 4.90. The standard InChI is InChI=1S/C34H61N9O22/c44-16-22(48)33(62)31(60)20(46)9-39-64-18-26(52)37-3-1-35-24(50)11-42(14-29(56)57)7-5-41(13-28(54)55)6-8-43(15-30(58)59)12-25(51)36-2-4-38-27(53)19-65-40-10-21(47)32(61)34(63)23(49)17-45/h9-10,20-23,31-34,44-49,60-63H,1-8,11-19H2,(H,35,50)(H,36,51)(H,37,52)(H,38,53)(H,54,55)(H,56,57)(H,58,59)/b39-9+,40-10+/t20?,21?,22?,23?,31-,32-,33-,34-/m1/s1. The number of rotatable bonds is 38. The second-order valence-electron chi connectivity index (χ2n) is 13.8. The first kappa shape index (κ1) is 59.7. The van der Waals surface area contributed by atoms with Crippen LogP contribution in [0.4, 0.5) is 0 Å². The third-order valence-corrected chi connectivity index (χ3v) is 8.34. The van der Waals surface area contributed by atoms with Crippen molar-refractivity contribution in [2.75, 3.05) is 112 Å². The fourth-order valence-electron chi connectivity index (χ4n) is 4.92. The molecule has 0 saturated carbocycles. The Morgan fingerprint density at radius 2 is 0.738 bits per heavy atom. The molecular formula is C34H61N9O22. The Bertz CT molecular complexity index is 1410. The zero-order valence-electron chi connectivity index (χ0n) is 35.0. The van der Waals surface area contributed by atoms with Crippen molar-refractivity contribution in [2.45, 2.75) is 48.8 Å². The fraction of sp³-hybridized carbons (Fsp3) is 0.735. The van der Waals surface area contributed by atoms with Crippen molar-refractivity contribution < 1.29 is 110 Å². The summed E-state index contributed by atoms with van der Waals surface area (Å²) in [7, 11) is 0. The number of carboxylic acids is 3. The third-order valence-electron chi connectivity index (χ3n) is 8.34. The van der Waals surface area contributed by atoms with Gasteiger partial charge in [0.2, 0.25) is 11.8 Å². The van der Waals surface area contributed by atoms with Crippen LogP contribution in [0.3, 0.4) is 0 Å². The van der Waals surface area contributed by atoms with Gasteiger partial charge in [-0.25, -0.2) is 0 Å². The van der Waals surface area contributed by atoms with E-state index in [9.17, 15) is 89.7 Å². The molecule has 0 spiro atoms. The first-order chi connectivity index (χ1) is 30.6. The van der Waals surface area contributed by atoms with Crippen molar-refractivity contribution in [3.8, 4) is 0 Å². The molecule has 0 radical (unpaired) electrons. The van der Waals surface area contributed by atoms with Crippen molar-refractivity contribution in [1.29, 1.82) is 0 Å². The molecule has 4 unspecified atom stereocenters. The number of hydrogen-bond acceptors (Lipinski definition) is 24. The summed E-state index contributed by atoms with van der Waals surface area (Å²) >= 11 is 0. The Hall–Kier alpha value is -5.29. The number of amides is 4. The average Bonchev–Trinajstić information content (AvgIpc) is 3.25. The zero-order valence-corrected chi connectivity index (χ0v) is 35.0. The predicted molar refractivity (Wildman–Crippen MR) is 215 cm³/mol. The minimum Gasteiger partial charge on any atom is -0.480 e. The van der Waals surface area contributed by atoms with E-state index in [-0.39, 0.29) is 52.4 Å². The monoisotopic (exact) mass is 947 g/mol. The van der Waals surface area contributed by atoms with Gasteiger partial charge in [-0.15, -0.1) is 0 Å². The van der Waals surface area contributed by atoms with Crippen LogP contribution < -0.4 is 21.3 Å². The molecule has 0 aliphatic carbocycles. The number of aliphatic hydroxyl groups is 10. The Kier molecular flexibility index (Phi) is 31.3. The lowest BCUT2D eigenvalue weighted by Gasteiger charge is -2.28. The smallest absolute Gasteiger partial charge is 0.317 e. The number of aliphatic hydroxyl groups excluding tert-OH is 10. The molecular weight excluding hydrogens is 886 g/mol. The topological polar surface area (TPSA) is 484 Å². The van der Waals surface area contributed by atoms with Gasteiger partial charge in [0.15, 0.2) is 13.2 Å².